The molecule has 1 saturated carbocycles. The lowest BCUT2D eigenvalue weighted by atomic mass is 9.44. The molecule has 0 spiro atoms. The lowest BCUT2D eigenvalue weighted by molar-refractivity contribution is -0.135. The molecular formula is C41H32ClNO6. The van der Waals surface area contributed by atoms with E-state index in [1.54, 1.807) is 36.4 Å². The van der Waals surface area contributed by atoms with Crippen molar-refractivity contribution in [2.45, 2.75) is 24.2 Å². The molecule has 6 atom stereocenters. The number of ether oxygens (including phenoxy) is 1. The zero-order valence-corrected chi connectivity index (χ0v) is 27.3. The SMILES string of the molecule is COc1ccc(O)c(C2C3=CCC4C(=O)N(c5ccc(Cl)cc5)C(=O)C4C3CC3C(=O)C(c4ccccc4)=CC(=O)C32c2ccccc2)c1. The molecule has 6 unspecified atom stereocenters. The van der Waals surface area contributed by atoms with Crippen LogP contribution in [-0.2, 0) is 24.6 Å². The first-order valence-corrected chi connectivity index (χ1v) is 16.7. The van der Waals surface area contributed by atoms with Crippen LogP contribution in [0, 0.1) is 23.7 Å². The number of imide groups is 1. The zero-order chi connectivity index (χ0) is 34.0. The largest absolute Gasteiger partial charge is 0.508 e. The Morgan fingerprint density at radius 1 is 0.837 bits per heavy atom. The molecule has 8 rings (SSSR count). The highest BCUT2D eigenvalue weighted by Crippen LogP contribution is 2.64. The first-order chi connectivity index (χ1) is 23.7. The Morgan fingerprint density at radius 3 is 2.22 bits per heavy atom. The summed E-state index contributed by atoms with van der Waals surface area (Å²) in [6.07, 6.45) is 3.88. The van der Waals surface area contributed by atoms with E-state index in [9.17, 15) is 19.5 Å². The number of Topliss-reactive ketones (excluding diaryl/α,β-unsaturated/α-hetero) is 1. The molecule has 4 aromatic rings. The number of allylic oxidation sites excluding steroid dienone is 4. The molecule has 1 heterocycles. The van der Waals surface area contributed by atoms with Crippen molar-refractivity contribution >= 4 is 46.2 Å². The topological polar surface area (TPSA) is 101 Å². The number of fused-ring (bicyclic) bond motifs is 4. The number of anilines is 1. The van der Waals surface area contributed by atoms with Gasteiger partial charge in [-0.25, -0.2) is 0 Å². The van der Waals surface area contributed by atoms with Crippen LogP contribution in [0.1, 0.15) is 35.4 Å². The third-order valence-electron chi connectivity index (χ3n) is 11.0. The van der Waals surface area contributed by atoms with Crippen LogP contribution in [0.4, 0.5) is 5.69 Å². The number of phenols is 1. The predicted octanol–water partition coefficient (Wildman–Crippen LogP) is 7.08. The molecule has 49 heavy (non-hydrogen) atoms. The molecule has 0 aromatic heterocycles. The fourth-order valence-corrected chi connectivity index (χ4v) is 9.08. The first kappa shape index (κ1) is 31.0. The maximum absolute atomic E-state index is 15.1. The Labute approximate surface area is 288 Å². The standard InChI is InChI=1S/C41H32ClNO6/c1-49-27-16-19-34(44)32(20-27)37-28-17-18-29-36(40(48)43(39(29)47)26-14-12-25(42)13-15-26)31(28)21-33-38(46)30(23-8-4-2-5-9-23)22-35(45)41(33,37)24-10-6-3-7-11-24/h2-17,19-20,22,29,31,33,36-37,44H,18,21H2,1H3. The number of carbonyl (C=O) groups excluding carboxylic acids is 4. The van der Waals surface area contributed by atoms with Gasteiger partial charge < -0.3 is 9.84 Å². The Balaban J connectivity index is 1.37. The number of nitrogens with zero attached hydrogens (tertiary/aromatic N) is 1. The quantitative estimate of drug-likeness (QED) is 0.180. The second kappa shape index (κ2) is 11.7. The number of hydrogen-bond donors (Lipinski definition) is 1. The van der Waals surface area contributed by atoms with Crippen LogP contribution in [0.2, 0.25) is 5.02 Å². The molecule has 4 aromatic carbocycles. The third-order valence-corrected chi connectivity index (χ3v) is 11.3. The first-order valence-electron chi connectivity index (χ1n) is 16.4. The second-order valence-electron chi connectivity index (χ2n) is 13.2. The summed E-state index contributed by atoms with van der Waals surface area (Å²) < 4.78 is 5.60. The number of hydrogen-bond acceptors (Lipinski definition) is 6. The molecule has 7 nitrogen and oxygen atoms in total. The number of carbonyl (C=O) groups is 4. The van der Waals surface area contributed by atoms with Crippen LogP contribution < -0.4 is 9.64 Å². The molecule has 0 bridgehead atoms. The van der Waals surface area contributed by atoms with E-state index in [0.717, 1.165) is 5.57 Å². The van der Waals surface area contributed by atoms with Crippen molar-refractivity contribution < 1.29 is 29.0 Å². The summed E-state index contributed by atoms with van der Waals surface area (Å²) in [5.41, 5.74) is 1.77. The highest BCUT2D eigenvalue weighted by Gasteiger charge is 2.66. The van der Waals surface area contributed by atoms with Crippen molar-refractivity contribution in [2.75, 3.05) is 12.0 Å². The van der Waals surface area contributed by atoms with Crippen molar-refractivity contribution in [3.8, 4) is 11.5 Å². The van der Waals surface area contributed by atoms with Gasteiger partial charge in [-0.15, -0.1) is 0 Å². The minimum Gasteiger partial charge on any atom is -0.508 e. The van der Waals surface area contributed by atoms with Gasteiger partial charge in [-0.3, -0.25) is 24.1 Å². The number of benzene rings is 4. The summed E-state index contributed by atoms with van der Waals surface area (Å²) in [5, 5.41) is 12.1. The van der Waals surface area contributed by atoms with Crippen molar-refractivity contribution in [3.63, 3.8) is 0 Å². The number of methoxy groups -OCH3 is 1. The zero-order valence-electron chi connectivity index (χ0n) is 26.6. The van der Waals surface area contributed by atoms with Crippen LogP contribution in [-0.4, -0.2) is 35.6 Å². The molecule has 2 amide bonds. The predicted molar refractivity (Wildman–Crippen MR) is 185 cm³/mol. The van der Waals surface area contributed by atoms with Gasteiger partial charge in [0.2, 0.25) is 11.8 Å². The number of rotatable bonds is 5. The lowest BCUT2D eigenvalue weighted by Crippen LogP contribution is -2.58. The number of halogens is 1. The molecule has 3 aliphatic carbocycles. The number of amides is 2. The molecule has 1 saturated heterocycles. The summed E-state index contributed by atoms with van der Waals surface area (Å²) in [7, 11) is 1.53. The number of aromatic hydroxyl groups is 1. The van der Waals surface area contributed by atoms with Gasteiger partial charge in [-0.2, -0.15) is 0 Å². The van der Waals surface area contributed by atoms with E-state index in [1.165, 1.54) is 24.2 Å². The normalized spacial score (nSPS) is 27.6. The Kier molecular flexibility index (Phi) is 7.41. The molecule has 0 radical (unpaired) electrons. The van der Waals surface area contributed by atoms with Gasteiger partial charge in [0.15, 0.2) is 11.6 Å². The summed E-state index contributed by atoms with van der Waals surface area (Å²) in [6, 6.07) is 29.9. The fourth-order valence-electron chi connectivity index (χ4n) is 8.95. The van der Waals surface area contributed by atoms with Crippen molar-refractivity contribution in [3.05, 3.63) is 143 Å². The van der Waals surface area contributed by atoms with Gasteiger partial charge in [-0.05, 0) is 78.4 Å². The maximum Gasteiger partial charge on any atom is 0.238 e. The van der Waals surface area contributed by atoms with Crippen LogP contribution in [0.15, 0.2) is 121 Å². The molecule has 244 valence electrons. The van der Waals surface area contributed by atoms with E-state index >= 15 is 4.79 Å². The van der Waals surface area contributed by atoms with Crippen LogP contribution in [0.3, 0.4) is 0 Å². The molecule has 2 fully saturated rings. The van der Waals surface area contributed by atoms with Gasteiger partial charge in [0.05, 0.1) is 30.0 Å². The highest BCUT2D eigenvalue weighted by molar-refractivity contribution is 6.32. The average Bonchev–Trinajstić information content (AvgIpc) is 3.39. The maximum atomic E-state index is 15.1. The minimum atomic E-state index is -1.45. The summed E-state index contributed by atoms with van der Waals surface area (Å²) in [6.45, 7) is 0. The molecule has 4 aliphatic rings. The number of phenolic OH excluding ortho intramolecular Hbond substituents is 1. The van der Waals surface area contributed by atoms with Gasteiger partial charge in [0.25, 0.3) is 0 Å². The van der Waals surface area contributed by atoms with E-state index < -0.39 is 35.0 Å². The van der Waals surface area contributed by atoms with Gasteiger partial charge in [0, 0.05) is 28.0 Å². The van der Waals surface area contributed by atoms with Crippen LogP contribution in [0.25, 0.3) is 5.57 Å². The molecule has 8 heteroatoms. The van der Waals surface area contributed by atoms with Gasteiger partial charge in [-0.1, -0.05) is 83.9 Å². The highest BCUT2D eigenvalue weighted by atomic mass is 35.5. The number of ketones is 2. The fraction of sp³-hybridized carbons (Fsp3) is 0.220. The van der Waals surface area contributed by atoms with E-state index in [2.05, 4.69) is 0 Å². The Morgan fingerprint density at radius 2 is 1.53 bits per heavy atom. The van der Waals surface area contributed by atoms with E-state index in [4.69, 9.17) is 16.3 Å². The van der Waals surface area contributed by atoms with E-state index in [0.29, 0.717) is 38.7 Å². The Bertz CT molecular complexity index is 2090. The second-order valence-corrected chi connectivity index (χ2v) is 13.6. The lowest BCUT2D eigenvalue weighted by Gasteiger charge is -2.55. The summed E-state index contributed by atoms with van der Waals surface area (Å²) in [5.74, 6) is -4.41. The minimum absolute atomic E-state index is 0.0572. The smallest absolute Gasteiger partial charge is 0.238 e. The van der Waals surface area contributed by atoms with Gasteiger partial charge in [0.1, 0.15) is 11.5 Å². The Hall–Kier alpha value is -5.27. The van der Waals surface area contributed by atoms with Crippen molar-refractivity contribution in [1.29, 1.82) is 0 Å². The van der Waals surface area contributed by atoms with E-state index in [1.807, 2.05) is 66.7 Å². The van der Waals surface area contributed by atoms with Crippen molar-refractivity contribution in [1.82, 2.24) is 0 Å². The van der Waals surface area contributed by atoms with Crippen molar-refractivity contribution in [2.24, 2.45) is 23.7 Å². The average molecular weight is 670 g/mol. The molecular weight excluding hydrogens is 638 g/mol. The third kappa shape index (κ3) is 4.56. The van der Waals surface area contributed by atoms with Gasteiger partial charge >= 0.3 is 0 Å². The molecule has 1 aliphatic heterocycles. The monoisotopic (exact) mass is 669 g/mol. The summed E-state index contributed by atoms with van der Waals surface area (Å²) in [4.78, 5) is 59.8. The molecule has 1 N–H and O–H groups in total. The van der Waals surface area contributed by atoms with Crippen LogP contribution in [0.5, 0.6) is 11.5 Å². The summed E-state index contributed by atoms with van der Waals surface area (Å²) >= 11 is 6.13. The van der Waals surface area contributed by atoms with E-state index in [-0.39, 0.29) is 42.0 Å². The van der Waals surface area contributed by atoms with Crippen LogP contribution >= 0.6 is 11.6 Å².